The average molecular weight is 274 g/mol. The van der Waals surface area contributed by atoms with Gasteiger partial charge < -0.3 is 15.1 Å². The Balaban J connectivity index is 1.93. The van der Waals surface area contributed by atoms with E-state index in [0.29, 0.717) is 12.0 Å². The molecule has 0 aromatic heterocycles. The Kier molecular flexibility index (Phi) is 6.02. The van der Waals surface area contributed by atoms with Crippen LogP contribution in [-0.4, -0.2) is 56.6 Å². The number of benzene rings is 1. The summed E-state index contributed by atoms with van der Waals surface area (Å²) in [5, 5.41) is 4.62. The second-order valence-corrected chi connectivity index (χ2v) is 6.05. The fourth-order valence-electron chi connectivity index (χ4n) is 3.17. The van der Waals surface area contributed by atoms with Crippen LogP contribution in [0.4, 0.5) is 0 Å². The van der Waals surface area contributed by atoms with Gasteiger partial charge in [-0.2, -0.15) is 7.05 Å². The van der Waals surface area contributed by atoms with Crippen LogP contribution in [0.2, 0.25) is 0 Å². The standard InChI is InChI=1S/C17H28N3/c1-15(14-20-11-7-10-19(3)12-13-20)17(18-2)16-8-5-4-6-9-16/h4-6,8-9,15,17H,7,10-14H2,1-3H3/q-1/t15-,17+/m0/s1. The molecule has 0 amide bonds. The van der Waals surface area contributed by atoms with Crippen molar-refractivity contribution in [2.45, 2.75) is 19.4 Å². The van der Waals surface area contributed by atoms with Gasteiger partial charge in [0.1, 0.15) is 0 Å². The third-order valence-corrected chi connectivity index (χ3v) is 4.32. The summed E-state index contributed by atoms with van der Waals surface area (Å²) in [5.74, 6) is 0.561. The van der Waals surface area contributed by atoms with Gasteiger partial charge in [-0.25, -0.2) is 0 Å². The van der Waals surface area contributed by atoms with Gasteiger partial charge >= 0.3 is 0 Å². The van der Waals surface area contributed by atoms with Crippen molar-refractivity contribution >= 4 is 0 Å². The predicted molar refractivity (Wildman–Crippen MR) is 86.2 cm³/mol. The highest BCUT2D eigenvalue weighted by atomic mass is 15.2. The maximum atomic E-state index is 4.62. The summed E-state index contributed by atoms with van der Waals surface area (Å²) in [7, 11) is 4.17. The van der Waals surface area contributed by atoms with E-state index in [9.17, 15) is 0 Å². The third kappa shape index (κ3) is 4.30. The minimum atomic E-state index is 0.317. The summed E-state index contributed by atoms with van der Waals surface area (Å²) < 4.78 is 0. The summed E-state index contributed by atoms with van der Waals surface area (Å²) in [5.41, 5.74) is 1.34. The fourth-order valence-corrected chi connectivity index (χ4v) is 3.17. The highest BCUT2D eigenvalue weighted by Crippen LogP contribution is 2.29. The van der Waals surface area contributed by atoms with Crippen LogP contribution >= 0.6 is 0 Å². The van der Waals surface area contributed by atoms with Crippen LogP contribution in [0.5, 0.6) is 0 Å². The Labute approximate surface area is 124 Å². The summed E-state index contributed by atoms with van der Waals surface area (Å²) in [6.07, 6.45) is 1.28. The van der Waals surface area contributed by atoms with E-state index in [2.05, 4.69) is 59.4 Å². The Bertz CT molecular complexity index is 379. The average Bonchev–Trinajstić information content (AvgIpc) is 2.66. The third-order valence-electron chi connectivity index (χ3n) is 4.32. The Morgan fingerprint density at radius 3 is 2.55 bits per heavy atom. The van der Waals surface area contributed by atoms with Gasteiger partial charge in [-0.15, -0.1) is 6.04 Å². The van der Waals surface area contributed by atoms with Crippen LogP contribution in [0.1, 0.15) is 24.9 Å². The van der Waals surface area contributed by atoms with Crippen molar-refractivity contribution in [1.29, 1.82) is 0 Å². The molecule has 3 nitrogen and oxygen atoms in total. The molecule has 1 saturated heterocycles. The molecule has 0 spiro atoms. The minimum Gasteiger partial charge on any atom is -0.658 e. The van der Waals surface area contributed by atoms with Gasteiger partial charge in [0, 0.05) is 13.1 Å². The molecule has 0 N–H and O–H groups in total. The Hall–Kier alpha value is -0.900. The van der Waals surface area contributed by atoms with Gasteiger partial charge in [-0.3, -0.25) is 0 Å². The molecule has 1 aliphatic rings. The topological polar surface area (TPSA) is 20.6 Å². The summed E-state index contributed by atoms with van der Waals surface area (Å²) in [4.78, 5) is 5.04. The maximum Gasteiger partial charge on any atom is 0.0109 e. The molecule has 0 bridgehead atoms. The van der Waals surface area contributed by atoms with Crippen molar-refractivity contribution in [3.63, 3.8) is 0 Å². The molecule has 0 saturated carbocycles. The van der Waals surface area contributed by atoms with Crippen molar-refractivity contribution in [2.24, 2.45) is 5.92 Å². The van der Waals surface area contributed by atoms with E-state index in [-0.39, 0.29) is 0 Å². The zero-order valence-corrected chi connectivity index (χ0v) is 13.1. The van der Waals surface area contributed by atoms with Crippen LogP contribution in [0.15, 0.2) is 30.3 Å². The number of hydrogen-bond acceptors (Lipinski definition) is 2. The minimum absolute atomic E-state index is 0.317. The monoisotopic (exact) mass is 274 g/mol. The molecule has 0 unspecified atom stereocenters. The first-order valence-electron chi connectivity index (χ1n) is 7.75. The lowest BCUT2D eigenvalue weighted by Gasteiger charge is -2.37. The van der Waals surface area contributed by atoms with Crippen molar-refractivity contribution < 1.29 is 0 Å². The SMILES string of the molecule is C[N-][C@@H](c1ccccc1)[C@@H](C)CN1CCCN(C)CC1. The summed E-state index contributed by atoms with van der Waals surface area (Å²) in [6.45, 7) is 8.30. The van der Waals surface area contributed by atoms with Gasteiger partial charge in [0.2, 0.25) is 0 Å². The Morgan fingerprint density at radius 2 is 1.85 bits per heavy atom. The van der Waals surface area contributed by atoms with Crippen LogP contribution in [0, 0.1) is 5.92 Å². The first kappa shape index (κ1) is 15.5. The van der Waals surface area contributed by atoms with Gasteiger partial charge in [-0.1, -0.05) is 42.8 Å². The smallest absolute Gasteiger partial charge is 0.0109 e. The second-order valence-electron chi connectivity index (χ2n) is 6.05. The largest absolute Gasteiger partial charge is 0.658 e. The summed E-state index contributed by atoms with van der Waals surface area (Å²) >= 11 is 0. The summed E-state index contributed by atoms with van der Waals surface area (Å²) in [6, 6.07) is 11.0. The number of nitrogens with zero attached hydrogens (tertiary/aromatic N) is 3. The molecule has 2 rings (SSSR count). The molecule has 112 valence electrons. The second kappa shape index (κ2) is 7.77. The first-order valence-corrected chi connectivity index (χ1v) is 7.75. The van der Waals surface area contributed by atoms with Gasteiger partial charge in [0.15, 0.2) is 0 Å². The van der Waals surface area contributed by atoms with E-state index < -0.39 is 0 Å². The van der Waals surface area contributed by atoms with E-state index >= 15 is 0 Å². The van der Waals surface area contributed by atoms with E-state index in [4.69, 9.17) is 0 Å². The molecular weight excluding hydrogens is 246 g/mol. The molecular formula is C17H28N3-. The van der Waals surface area contributed by atoms with Crippen molar-refractivity contribution in [3.8, 4) is 0 Å². The highest BCUT2D eigenvalue weighted by Gasteiger charge is 2.17. The van der Waals surface area contributed by atoms with E-state index in [0.717, 1.165) is 6.54 Å². The lowest BCUT2D eigenvalue weighted by molar-refractivity contribution is 0.233. The number of rotatable bonds is 5. The molecule has 1 aromatic carbocycles. The zero-order chi connectivity index (χ0) is 14.4. The molecule has 2 atom stereocenters. The van der Waals surface area contributed by atoms with Crippen LogP contribution in [0.3, 0.4) is 0 Å². The molecule has 1 aliphatic heterocycles. The quantitative estimate of drug-likeness (QED) is 0.823. The van der Waals surface area contributed by atoms with Gasteiger partial charge in [0.05, 0.1) is 0 Å². The number of likely N-dealkylation sites (N-methyl/N-ethyl adjacent to an activating group) is 1. The Morgan fingerprint density at radius 1 is 1.10 bits per heavy atom. The molecule has 3 heteroatoms. The molecule has 0 aliphatic carbocycles. The molecule has 1 heterocycles. The van der Waals surface area contributed by atoms with Crippen molar-refractivity contribution in [1.82, 2.24) is 9.80 Å². The number of hydrogen-bond donors (Lipinski definition) is 0. The van der Waals surface area contributed by atoms with Crippen molar-refractivity contribution in [3.05, 3.63) is 41.2 Å². The lowest BCUT2D eigenvalue weighted by Crippen LogP contribution is -2.34. The van der Waals surface area contributed by atoms with Gasteiger partial charge in [-0.05, 0) is 39.0 Å². The van der Waals surface area contributed by atoms with Crippen LogP contribution in [0.25, 0.3) is 5.32 Å². The maximum absolute atomic E-state index is 4.62. The molecule has 0 radical (unpaired) electrons. The van der Waals surface area contributed by atoms with Crippen LogP contribution < -0.4 is 0 Å². The van der Waals surface area contributed by atoms with E-state index in [1.165, 1.54) is 38.2 Å². The lowest BCUT2D eigenvalue weighted by atomic mass is 9.94. The van der Waals surface area contributed by atoms with Gasteiger partial charge in [0.25, 0.3) is 0 Å². The fraction of sp³-hybridized carbons (Fsp3) is 0.647. The molecule has 20 heavy (non-hydrogen) atoms. The van der Waals surface area contributed by atoms with E-state index in [1.807, 2.05) is 7.05 Å². The predicted octanol–water partition coefficient (Wildman–Crippen LogP) is 3.00. The highest BCUT2D eigenvalue weighted by molar-refractivity contribution is 5.23. The molecule has 1 aromatic rings. The normalized spacial score (nSPS) is 21.4. The van der Waals surface area contributed by atoms with Crippen LogP contribution in [-0.2, 0) is 0 Å². The van der Waals surface area contributed by atoms with E-state index in [1.54, 1.807) is 0 Å². The zero-order valence-electron chi connectivity index (χ0n) is 13.1. The van der Waals surface area contributed by atoms with Crippen molar-refractivity contribution in [2.75, 3.05) is 46.8 Å². The molecule has 1 fully saturated rings. The first-order chi connectivity index (χ1) is 9.70.